The third-order valence-electron chi connectivity index (χ3n) is 21.1. The van der Waals surface area contributed by atoms with E-state index in [9.17, 15) is 0 Å². The summed E-state index contributed by atoms with van der Waals surface area (Å²) in [6.07, 6.45) is 11.6. The fourth-order valence-corrected chi connectivity index (χ4v) is 15.3. The van der Waals surface area contributed by atoms with Crippen LogP contribution in [-0.4, -0.2) is 150 Å². The molecule has 1 N–H and O–H groups in total. The van der Waals surface area contributed by atoms with Gasteiger partial charge in [-0.2, -0.15) is 6.42 Å². The second-order valence-corrected chi connectivity index (χ2v) is 26.8. The Morgan fingerprint density at radius 3 is 1.29 bits per heavy atom. The van der Waals surface area contributed by atoms with Crippen LogP contribution in [0, 0.1) is 6.92 Å². The van der Waals surface area contributed by atoms with E-state index in [2.05, 4.69) is 104 Å². The quantitative estimate of drug-likeness (QED) is 0.0398. The Kier molecular flexibility index (Phi) is 40.6. The minimum atomic E-state index is 0. The molecule has 0 saturated carbocycles. The predicted molar refractivity (Wildman–Crippen MR) is 465 cm³/mol. The smallest absolute Gasteiger partial charge is 0.493 e. The number of benzene rings is 8. The SMILES string of the molecule is C.C.C.CCC(c1ccc(OC)c(OC)c1)C1NCCc2cc(OC)c(OC)cc21.CCC(c1ccc(OC)c(OC)c1)c1nccc2cc(OC)c(OC)cc12.CCC1c2cc(OC)c(OC)cc2CN2CCc3cc(OC)c(OC)cc3C12.COc1ccc(Cc2nccc3cc(OC)c(OC)cc23)cc1OC.[B].[CH2-]CCC.[Li+]. The summed E-state index contributed by atoms with van der Waals surface area (Å²) in [6, 6.07) is 43.4. The van der Waals surface area contributed by atoms with Gasteiger partial charge < -0.3 is 88.0 Å². The fraction of sp³-hybridized carbons (Fsp3) is 0.415. The Labute approximate surface area is 705 Å². The summed E-state index contributed by atoms with van der Waals surface area (Å²) in [4.78, 5) is 11.9. The average Bonchev–Trinajstić information content (AvgIpc) is 0.738. The molecule has 3 radical (unpaired) electrons. The number of fused-ring (bicyclic) bond motifs is 7. The molecule has 0 bridgehead atoms. The summed E-state index contributed by atoms with van der Waals surface area (Å²) < 4.78 is 87.5. The zero-order valence-corrected chi connectivity index (χ0v) is 70.1. The van der Waals surface area contributed by atoms with Gasteiger partial charge in [0.05, 0.1) is 125 Å². The molecule has 621 valence electrons. The topological polar surface area (TPSA) is 189 Å². The number of nitrogens with zero attached hydrogens (tertiary/aromatic N) is 3. The van der Waals surface area contributed by atoms with Gasteiger partial charge in [0.2, 0.25) is 0 Å². The van der Waals surface area contributed by atoms with Crippen molar-refractivity contribution in [1.29, 1.82) is 0 Å². The van der Waals surface area contributed by atoms with Gasteiger partial charge in [-0.3, -0.25) is 14.9 Å². The fourth-order valence-electron chi connectivity index (χ4n) is 15.3. The maximum Gasteiger partial charge on any atom is 1.00 e. The van der Waals surface area contributed by atoms with Crippen molar-refractivity contribution in [1.82, 2.24) is 20.2 Å². The molecular weight excluding hydrogens is 1460 g/mol. The Bertz CT molecular complexity index is 4720. The maximum absolute atomic E-state index is 5.61. The summed E-state index contributed by atoms with van der Waals surface area (Å²) in [6.45, 7) is 15.3. The van der Waals surface area contributed by atoms with Crippen molar-refractivity contribution < 1.29 is 94.7 Å². The van der Waals surface area contributed by atoms with Crippen LogP contribution < -0.4 is 100.0 Å². The van der Waals surface area contributed by atoms with Gasteiger partial charge in [-0.25, -0.2) is 0 Å². The van der Waals surface area contributed by atoms with E-state index >= 15 is 0 Å². The minimum Gasteiger partial charge on any atom is -0.493 e. The minimum absolute atomic E-state index is 0. The Balaban J connectivity index is 0.000000316. The maximum atomic E-state index is 5.61. The summed E-state index contributed by atoms with van der Waals surface area (Å²) in [7, 11) is 26.6. The van der Waals surface area contributed by atoms with Crippen molar-refractivity contribution in [2.45, 2.75) is 138 Å². The first-order chi connectivity index (χ1) is 54.1. The van der Waals surface area contributed by atoms with Crippen LogP contribution in [0.1, 0.15) is 173 Å². The number of hydrogen-bond acceptors (Lipinski definition) is 20. The molecule has 20 nitrogen and oxygen atoms in total. The molecular formula is C94H125BLiN4O16. The molecule has 10 aromatic rings. The normalized spacial score (nSPS) is 14.2. The average molecular weight is 1580 g/mol. The van der Waals surface area contributed by atoms with E-state index in [1.165, 1.54) is 45.4 Å². The van der Waals surface area contributed by atoms with E-state index in [4.69, 9.17) is 80.8 Å². The molecule has 8 aromatic carbocycles. The van der Waals surface area contributed by atoms with E-state index in [1.54, 1.807) is 114 Å². The zero-order valence-electron chi connectivity index (χ0n) is 70.1. The number of unbranched alkanes of at least 4 members (excludes halogenated alkanes) is 1. The molecule has 5 heterocycles. The van der Waals surface area contributed by atoms with Crippen LogP contribution in [0.15, 0.2) is 140 Å². The van der Waals surface area contributed by atoms with Crippen LogP contribution in [-0.2, 0) is 25.8 Å². The van der Waals surface area contributed by atoms with Crippen LogP contribution >= 0.6 is 0 Å². The van der Waals surface area contributed by atoms with Crippen LogP contribution in [0.5, 0.6) is 92.0 Å². The molecule has 0 aliphatic carbocycles. The van der Waals surface area contributed by atoms with Gasteiger partial charge in [-0.15, -0.1) is 0 Å². The molecule has 2 aromatic heterocycles. The largest absolute Gasteiger partial charge is 1.00 e. The van der Waals surface area contributed by atoms with E-state index in [1.807, 2.05) is 85.2 Å². The van der Waals surface area contributed by atoms with Crippen LogP contribution in [0.4, 0.5) is 0 Å². The van der Waals surface area contributed by atoms with E-state index in [0.29, 0.717) is 70.3 Å². The first kappa shape index (κ1) is 98.3. The number of methoxy groups -OCH3 is 16. The van der Waals surface area contributed by atoms with Crippen LogP contribution in [0.25, 0.3) is 21.5 Å². The second kappa shape index (κ2) is 47.9. The van der Waals surface area contributed by atoms with Gasteiger partial charge in [-0.1, -0.05) is 74.6 Å². The molecule has 5 unspecified atom stereocenters. The van der Waals surface area contributed by atoms with E-state index in [0.717, 1.165) is 148 Å². The van der Waals surface area contributed by atoms with Crippen molar-refractivity contribution >= 4 is 30.0 Å². The standard InChI is InChI=1S/C23H29NO4.C22H29NO4.C22H25NO4.C20H21NO4.C4H9.3CH4.B.Li/c1-6-16-17-11-21(27-4)20(26-3)10-15(17)13-24-8-7-14-9-19(25-2)22(28-5)12-18(14)23(16)24;2*1-6-16(14-7-8-18(24-2)19(11-14)25-3)22-17-13-21(27-5)20(26-4)12-15(17)9-10-23-22;1-22-17-6-5-13(10-18(17)23-2)9-16-15-12-20(25-4)19(24-3)11-14(15)7-8-21-16;1-3-4-2;;;;;/h9-12,16,23H,6-8,13H2,1-5H3;7-8,11-13,16,22-23H,6,9-10H2,1-5H3;7-13,16H,6H2,1-5H3;5-8,10-12H,9H2,1-4H3;1,3-4H2,2H3;3*1H4;;/q;;;;-1;;;;;+1. The summed E-state index contributed by atoms with van der Waals surface area (Å²) in [5.74, 6) is 12.8. The molecule has 5 atom stereocenters. The van der Waals surface area contributed by atoms with Crippen molar-refractivity contribution in [3.05, 3.63) is 208 Å². The second-order valence-electron chi connectivity index (χ2n) is 26.8. The van der Waals surface area contributed by atoms with Crippen molar-refractivity contribution in [2.24, 2.45) is 0 Å². The van der Waals surface area contributed by atoms with Gasteiger partial charge >= 0.3 is 18.9 Å². The number of nitrogens with one attached hydrogen (secondary N) is 1. The molecule has 0 spiro atoms. The first-order valence-electron chi connectivity index (χ1n) is 37.7. The Morgan fingerprint density at radius 2 is 0.810 bits per heavy atom. The number of rotatable bonds is 26. The van der Waals surface area contributed by atoms with Crippen molar-refractivity contribution in [3.63, 3.8) is 0 Å². The van der Waals surface area contributed by atoms with Gasteiger partial charge in [-0.05, 0) is 209 Å². The monoisotopic (exact) mass is 1580 g/mol. The van der Waals surface area contributed by atoms with E-state index < -0.39 is 0 Å². The van der Waals surface area contributed by atoms with Gasteiger partial charge in [0.1, 0.15) is 0 Å². The van der Waals surface area contributed by atoms with Crippen molar-refractivity contribution in [3.8, 4) is 92.0 Å². The Morgan fingerprint density at radius 1 is 0.414 bits per heavy atom. The molecule has 116 heavy (non-hydrogen) atoms. The predicted octanol–water partition coefficient (Wildman–Crippen LogP) is 17.3. The zero-order chi connectivity index (χ0) is 79.8. The third kappa shape index (κ3) is 22.2. The first-order valence-corrected chi connectivity index (χ1v) is 37.7. The summed E-state index contributed by atoms with van der Waals surface area (Å²) in [5, 5.41) is 7.93. The number of pyridine rings is 2. The molecule has 3 aliphatic rings. The molecule has 0 saturated heterocycles. The number of hydrogen-bond donors (Lipinski definition) is 1. The number of aromatic nitrogens is 2. The Hall–Kier alpha value is -10.0. The van der Waals surface area contributed by atoms with E-state index in [-0.39, 0.29) is 61.5 Å². The molecule has 0 fully saturated rings. The van der Waals surface area contributed by atoms with Gasteiger partial charge in [0.25, 0.3) is 0 Å². The van der Waals surface area contributed by atoms with Gasteiger partial charge in [0, 0.05) is 80.9 Å². The van der Waals surface area contributed by atoms with Crippen LogP contribution in [0.2, 0.25) is 0 Å². The van der Waals surface area contributed by atoms with Crippen molar-refractivity contribution in [2.75, 3.05) is 127 Å². The molecule has 0 amide bonds. The number of ether oxygens (including phenoxy) is 16. The summed E-state index contributed by atoms with van der Waals surface area (Å²) >= 11 is 0. The molecule has 3 aliphatic heterocycles. The molecule has 13 rings (SSSR count). The van der Waals surface area contributed by atoms with Crippen LogP contribution in [0.3, 0.4) is 0 Å². The third-order valence-corrected chi connectivity index (χ3v) is 21.1. The van der Waals surface area contributed by atoms with Gasteiger partial charge in [0.15, 0.2) is 92.0 Å². The summed E-state index contributed by atoms with van der Waals surface area (Å²) in [5.41, 5.74) is 13.4. The molecule has 22 heteroatoms.